The lowest BCUT2D eigenvalue weighted by atomic mass is 10.2. The molecule has 0 atom stereocenters. The van der Waals surface area contributed by atoms with Crippen molar-refractivity contribution < 1.29 is 4.74 Å². The quantitative estimate of drug-likeness (QED) is 0.831. The molecule has 0 fully saturated rings. The molecule has 0 bridgehead atoms. The number of hydrogen-bond donors (Lipinski definition) is 1. The summed E-state index contributed by atoms with van der Waals surface area (Å²) in [5, 5.41) is 0.613. The van der Waals surface area contributed by atoms with Gasteiger partial charge in [-0.25, -0.2) is 0 Å². The Labute approximate surface area is 133 Å². The van der Waals surface area contributed by atoms with Gasteiger partial charge in [-0.15, -0.1) is 0 Å². The summed E-state index contributed by atoms with van der Waals surface area (Å²) in [4.78, 5) is 12.6. The Hall–Kier alpha value is -1.85. The molecule has 0 unspecified atom stereocenters. The van der Waals surface area contributed by atoms with Gasteiger partial charge >= 0.3 is 0 Å². The number of thiocarbonyl (C=S) groups is 1. The third-order valence-electron chi connectivity index (χ3n) is 2.93. The summed E-state index contributed by atoms with van der Waals surface area (Å²) >= 11 is 10.9. The number of pyridine rings is 1. The van der Waals surface area contributed by atoms with Crippen LogP contribution < -0.4 is 16.0 Å². The largest absolute Gasteiger partial charge is 0.483 e. The van der Waals surface area contributed by atoms with E-state index in [1.165, 1.54) is 4.57 Å². The molecule has 0 saturated carbocycles. The number of aromatic nitrogens is 1. The van der Waals surface area contributed by atoms with Crippen molar-refractivity contribution in [2.75, 3.05) is 0 Å². The van der Waals surface area contributed by atoms with Crippen LogP contribution in [-0.2, 0) is 13.2 Å². The van der Waals surface area contributed by atoms with Gasteiger partial charge < -0.3 is 15.0 Å². The molecule has 1 aromatic carbocycles. The van der Waals surface area contributed by atoms with Crippen molar-refractivity contribution in [3.63, 3.8) is 0 Å². The average Bonchev–Trinajstić information content (AvgIpc) is 2.46. The van der Waals surface area contributed by atoms with Crippen LogP contribution >= 0.6 is 23.8 Å². The smallest absolute Gasteiger partial charge is 0.292 e. The molecule has 2 aromatic rings. The van der Waals surface area contributed by atoms with Gasteiger partial charge in [0.1, 0.15) is 6.61 Å². The summed E-state index contributed by atoms with van der Waals surface area (Å²) in [6.07, 6.45) is 2.16. The van der Waals surface area contributed by atoms with Gasteiger partial charge in [0.2, 0.25) is 0 Å². The van der Waals surface area contributed by atoms with Gasteiger partial charge in [0.25, 0.3) is 5.56 Å². The van der Waals surface area contributed by atoms with E-state index < -0.39 is 0 Å². The zero-order valence-electron chi connectivity index (χ0n) is 11.3. The fourth-order valence-corrected chi connectivity index (χ4v) is 2.08. The molecule has 0 spiro atoms. The predicted molar refractivity (Wildman–Crippen MR) is 87.9 cm³/mol. The van der Waals surface area contributed by atoms with Crippen molar-refractivity contribution in [2.45, 2.75) is 19.6 Å². The highest BCUT2D eigenvalue weighted by molar-refractivity contribution is 7.80. The summed E-state index contributed by atoms with van der Waals surface area (Å²) in [7, 11) is 0. The van der Waals surface area contributed by atoms with Crippen molar-refractivity contribution in [3.8, 4) is 5.75 Å². The van der Waals surface area contributed by atoms with Crippen molar-refractivity contribution >= 4 is 28.8 Å². The van der Waals surface area contributed by atoms with E-state index in [-0.39, 0.29) is 17.9 Å². The van der Waals surface area contributed by atoms with Gasteiger partial charge in [-0.1, -0.05) is 42.0 Å². The SMILES string of the molecule is NC(=S)CCn1cccc(OCc2ccccc2Cl)c1=O. The van der Waals surface area contributed by atoms with E-state index in [1.807, 2.05) is 18.2 Å². The number of halogens is 1. The van der Waals surface area contributed by atoms with Crippen molar-refractivity contribution in [2.24, 2.45) is 5.73 Å². The van der Waals surface area contributed by atoms with Crippen molar-refractivity contribution in [3.05, 3.63) is 63.5 Å². The summed E-state index contributed by atoms with van der Waals surface area (Å²) in [5.41, 5.74) is 6.07. The van der Waals surface area contributed by atoms with Gasteiger partial charge in [-0.3, -0.25) is 4.79 Å². The van der Waals surface area contributed by atoms with Crippen LogP contribution in [0.2, 0.25) is 5.02 Å². The number of hydrogen-bond acceptors (Lipinski definition) is 3. The van der Waals surface area contributed by atoms with Crippen LogP contribution in [0.1, 0.15) is 12.0 Å². The number of nitrogens with zero attached hydrogens (tertiary/aromatic N) is 1. The van der Waals surface area contributed by atoms with Gasteiger partial charge in [-0.05, 0) is 18.2 Å². The number of aryl methyl sites for hydroxylation is 1. The molecule has 4 nitrogen and oxygen atoms in total. The Morgan fingerprint density at radius 1 is 1.29 bits per heavy atom. The Kier molecular flexibility index (Phi) is 5.36. The molecule has 110 valence electrons. The zero-order chi connectivity index (χ0) is 15.2. The first-order valence-corrected chi connectivity index (χ1v) is 7.20. The van der Waals surface area contributed by atoms with Crippen LogP contribution in [0, 0.1) is 0 Å². The van der Waals surface area contributed by atoms with E-state index >= 15 is 0 Å². The monoisotopic (exact) mass is 322 g/mol. The minimum atomic E-state index is -0.208. The predicted octanol–water partition coefficient (Wildman–Crippen LogP) is 2.76. The molecule has 0 aliphatic rings. The van der Waals surface area contributed by atoms with Gasteiger partial charge in [-0.2, -0.15) is 0 Å². The molecule has 0 amide bonds. The summed E-state index contributed by atoms with van der Waals surface area (Å²) in [6, 6.07) is 10.7. The van der Waals surface area contributed by atoms with Crippen molar-refractivity contribution in [1.29, 1.82) is 0 Å². The minimum Gasteiger partial charge on any atom is -0.483 e. The highest BCUT2D eigenvalue weighted by Gasteiger charge is 2.06. The lowest BCUT2D eigenvalue weighted by Crippen LogP contribution is -2.23. The molecule has 2 rings (SSSR count). The standard InChI is InChI=1S/C15H15ClN2O2S/c16-12-5-2-1-4-11(12)10-20-13-6-3-8-18(15(13)19)9-7-14(17)21/h1-6,8H,7,9-10H2,(H2,17,21). The topological polar surface area (TPSA) is 57.2 Å². The van der Waals surface area contributed by atoms with E-state index in [4.69, 9.17) is 34.3 Å². The molecule has 1 heterocycles. The fourth-order valence-electron chi connectivity index (χ4n) is 1.80. The van der Waals surface area contributed by atoms with E-state index in [2.05, 4.69) is 0 Å². The summed E-state index contributed by atoms with van der Waals surface area (Å²) in [6.45, 7) is 0.686. The first-order valence-electron chi connectivity index (χ1n) is 6.42. The number of benzene rings is 1. The molecule has 1 aromatic heterocycles. The maximum absolute atomic E-state index is 12.2. The second-order valence-electron chi connectivity index (χ2n) is 4.47. The molecule has 0 aliphatic carbocycles. The first-order chi connectivity index (χ1) is 10.1. The van der Waals surface area contributed by atoms with Crippen LogP contribution in [0.25, 0.3) is 0 Å². The maximum Gasteiger partial charge on any atom is 0.292 e. The second-order valence-corrected chi connectivity index (χ2v) is 5.40. The molecule has 0 aliphatic heterocycles. The molecular weight excluding hydrogens is 308 g/mol. The van der Waals surface area contributed by atoms with E-state index in [0.29, 0.717) is 23.0 Å². The second kappa shape index (κ2) is 7.24. The van der Waals surface area contributed by atoms with Crippen LogP contribution in [0.5, 0.6) is 5.75 Å². The summed E-state index contributed by atoms with van der Waals surface area (Å²) < 4.78 is 7.10. The Morgan fingerprint density at radius 3 is 2.76 bits per heavy atom. The van der Waals surface area contributed by atoms with Crippen LogP contribution in [-0.4, -0.2) is 9.56 Å². The Morgan fingerprint density at radius 2 is 2.05 bits per heavy atom. The van der Waals surface area contributed by atoms with Gasteiger partial charge in [0.15, 0.2) is 5.75 Å². The number of nitrogens with two attached hydrogens (primary N) is 1. The molecule has 0 saturated heterocycles. The Bertz CT molecular complexity index is 700. The van der Waals surface area contributed by atoms with Gasteiger partial charge in [0.05, 0.1) is 4.99 Å². The van der Waals surface area contributed by atoms with Gasteiger partial charge in [0, 0.05) is 29.7 Å². The molecular formula is C15H15ClN2O2S. The molecule has 21 heavy (non-hydrogen) atoms. The lowest BCUT2D eigenvalue weighted by molar-refractivity contribution is 0.299. The summed E-state index contributed by atoms with van der Waals surface area (Å²) in [5.74, 6) is 0.278. The number of ether oxygens (including phenoxy) is 1. The molecule has 6 heteroatoms. The third kappa shape index (κ3) is 4.31. The first kappa shape index (κ1) is 15.5. The number of rotatable bonds is 6. The Balaban J connectivity index is 2.10. The van der Waals surface area contributed by atoms with Crippen LogP contribution in [0.4, 0.5) is 0 Å². The third-order valence-corrected chi connectivity index (χ3v) is 3.50. The fraction of sp³-hybridized carbons (Fsp3) is 0.200. The van der Waals surface area contributed by atoms with E-state index in [0.717, 1.165) is 5.56 Å². The molecule has 0 radical (unpaired) electrons. The van der Waals surface area contributed by atoms with E-state index in [1.54, 1.807) is 24.4 Å². The highest BCUT2D eigenvalue weighted by Crippen LogP contribution is 2.16. The normalized spacial score (nSPS) is 10.3. The maximum atomic E-state index is 12.2. The molecule has 2 N–H and O–H groups in total. The average molecular weight is 323 g/mol. The highest BCUT2D eigenvalue weighted by atomic mass is 35.5. The van der Waals surface area contributed by atoms with Crippen LogP contribution in [0.15, 0.2) is 47.4 Å². The van der Waals surface area contributed by atoms with Crippen LogP contribution in [0.3, 0.4) is 0 Å². The minimum absolute atomic E-state index is 0.208. The van der Waals surface area contributed by atoms with E-state index in [9.17, 15) is 4.79 Å². The van der Waals surface area contributed by atoms with Crippen molar-refractivity contribution in [1.82, 2.24) is 4.57 Å². The lowest BCUT2D eigenvalue weighted by Gasteiger charge is -2.10. The zero-order valence-corrected chi connectivity index (χ0v) is 12.9.